The first-order valence-electron chi connectivity index (χ1n) is 7.27. The minimum Gasteiger partial charge on any atom is -0.354 e. The number of hydrogen-bond acceptors (Lipinski definition) is 5. The molecule has 0 bridgehead atoms. The van der Waals surface area contributed by atoms with E-state index in [1.54, 1.807) is 18.5 Å². The number of carbonyl (C=O) groups is 1. The third-order valence-corrected chi connectivity index (χ3v) is 3.85. The summed E-state index contributed by atoms with van der Waals surface area (Å²) in [7, 11) is 1.79. The molecule has 0 aromatic carbocycles. The van der Waals surface area contributed by atoms with Crippen molar-refractivity contribution in [2.75, 3.05) is 0 Å². The molecule has 1 atom stereocenters. The predicted molar refractivity (Wildman–Crippen MR) is 78.6 cm³/mol. The van der Waals surface area contributed by atoms with Crippen LogP contribution in [0.15, 0.2) is 21.6 Å². The molecule has 116 valence electrons. The fourth-order valence-corrected chi connectivity index (χ4v) is 2.17. The number of aryl methyl sites for hydroxylation is 2. The minimum atomic E-state index is -0.446. The molecule has 0 spiro atoms. The zero-order valence-corrected chi connectivity index (χ0v) is 12.8. The number of hydrogen-bond donors (Lipinski definition) is 1. The smallest absolute Gasteiger partial charge is 0.257 e. The van der Waals surface area contributed by atoms with Crippen molar-refractivity contribution < 1.29 is 9.32 Å². The SMILES string of the molecule is Cc1cc(=O)c(C(=O)NC(C)c2nc(C3CC3)no2)cn1C. The van der Waals surface area contributed by atoms with E-state index in [1.165, 1.54) is 12.3 Å². The second-order valence-electron chi connectivity index (χ2n) is 5.76. The Bertz CT molecular complexity index is 773. The number of aromatic nitrogens is 3. The van der Waals surface area contributed by atoms with Gasteiger partial charge in [-0.05, 0) is 26.7 Å². The Kier molecular flexibility index (Phi) is 3.56. The molecule has 0 aliphatic heterocycles. The van der Waals surface area contributed by atoms with Crippen molar-refractivity contribution >= 4 is 5.91 Å². The van der Waals surface area contributed by atoms with Gasteiger partial charge in [0.1, 0.15) is 11.6 Å². The molecule has 1 saturated carbocycles. The largest absolute Gasteiger partial charge is 0.354 e. The molecule has 2 heterocycles. The van der Waals surface area contributed by atoms with E-state index in [2.05, 4.69) is 15.5 Å². The highest BCUT2D eigenvalue weighted by Gasteiger charge is 2.30. The summed E-state index contributed by atoms with van der Waals surface area (Å²) in [5.41, 5.74) is 0.590. The first kappa shape index (κ1) is 14.5. The Morgan fingerprint density at radius 2 is 2.23 bits per heavy atom. The van der Waals surface area contributed by atoms with Crippen molar-refractivity contribution in [1.29, 1.82) is 0 Å². The van der Waals surface area contributed by atoms with Gasteiger partial charge in [-0.15, -0.1) is 0 Å². The molecule has 2 aromatic rings. The van der Waals surface area contributed by atoms with Crippen LogP contribution in [-0.4, -0.2) is 20.6 Å². The summed E-state index contributed by atoms with van der Waals surface area (Å²) in [4.78, 5) is 28.5. The van der Waals surface area contributed by atoms with Gasteiger partial charge in [-0.1, -0.05) is 5.16 Å². The average Bonchev–Trinajstić information content (AvgIpc) is 3.20. The molecule has 1 aliphatic carbocycles. The highest BCUT2D eigenvalue weighted by Crippen LogP contribution is 2.38. The first-order chi connectivity index (χ1) is 10.5. The van der Waals surface area contributed by atoms with Crippen LogP contribution in [-0.2, 0) is 7.05 Å². The van der Waals surface area contributed by atoms with E-state index in [0.29, 0.717) is 17.6 Å². The van der Waals surface area contributed by atoms with Crippen molar-refractivity contribution in [1.82, 2.24) is 20.0 Å². The Morgan fingerprint density at radius 3 is 2.91 bits per heavy atom. The van der Waals surface area contributed by atoms with Crippen molar-refractivity contribution in [3.63, 3.8) is 0 Å². The van der Waals surface area contributed by atoms with Crippen molar-refractivity contribution in [3.8, 4) is 0 Å². The predicted octanol–water partition coefficient (Wildman–Crippen LogP) is 1.45. The molecule has 1 aliphatic rings. The van der Waals surface area contributed by atoms with Crippen molar-refractivity contribution in [3.05, 3.63) is 45.5 Å². The highest BCUT2D eigenvalue weighted by molar-refractivity contribution is 5.94. The average molecular weight is 302 g/mol. The van der Waals surface area contributed by atoms with Crippen LogP contribution in [0.4, 0.5) is 0 Å². The van der Waals surface area contributed by atoms with Gasteiger partial charge in [-0.25, -0.2) is 0 Å². The van der Waals surface area contributed by atoms with E-state index in [0.717, 1.165) is 18.5 Å². The van der Waals surface area contributed by atoms with Crippen LogP contribution in [0.1, 0.15) is 59.5 Å². The van der Waals surface area contributed by atoms with E-state index < -0.39 is 11.9 Å². The topological polar surface area (TPSA) is 90.0 Å². The number of pyridine rings is 1. The molecule has 22 heavy (non-hydrogen) atoms. The summed E-state index contributed by atoms with van der Waals surface area (Å²) in [6.45, 7) is 3.56. The van der Waals surface area contributed by atoms with Gasteiger partial charge in [0.25, 0.3) is 5.91 Å². The minimum absolute atomic E-state index is 0.0990. The fourth-order valence-electron chi connectivity index (χ4n) is 2.17. The summed E-state index contributed by atoms with van der Waals surface area (Å²) >= 11 is 0. The molecule has 7 heteroatoms. The molecule has 7 nitrogen and oxygen atoms in total. The zero-order valence-electron chi connectivity index (χ0n) is 12.8. The molecule has 1 fully saturated rings. The van der Waals surface area contributed by atoms with Gasteiger partial charge in [0.2, 0.25) is 5.89 Å². The number of nitrogens with zero attached hydrogens (tertiary/aromatic N) is 3. The molecule has 3 rings (SSSR count). The third kappa shape index (κ3) is 2.79. The van der Waals surface area contributed by atoms with Crippen LogP contribution in [0, 0.1) is 6.92 Å². The lowest BCUT2D eigenvalue weighted by Crippen LogP contribution is -2.31. The number of carbonyl (C=O) groups excluding carboxylic acids is 1. The summed E-state index contributed by atoms with van der Waals surface area (Å²) in [6.07, 6.45) is 3.70. The lowest BCUT2D eigenvalue weighted by molar-refractivity contribution is 0.0930. The molecule has 1 N–H and O–H groups in total. The second-order valence-corrected chi connectivity index (χ2v) is 5.76. The van der Waals surface area contributed by atoms with Gasteiger partial charge in [0.15, 0.2) is 11.3 Å². The van der Waals surface area contributed by atoms with Crippen LogP contribution in [0.5, 0.6) is 0 Å². The van der Waals surface area contributed by atoms with Gasteiger partial charge in [0, 0.05) is 30.9 Å². The van der Waals surface area contributed by atoms with Gasteiger partial charge in [0.05, 0.1) is 0 Å². The quantitative estimate of drug-likeness (QED) is 0.923. The monoisotopic (exact) mass is 302 g/mol. The summed E-state index contributed by atoms with van der Waals surface area (Å²) in [5, 5.41) is 6.64. The lowest BCUT2D eigenvalue weighted by atomic mass is 10.2. The third-order valence-electron chi connectivity index (χ3n) is 3.85. The molecule has 0 saturated heterocycles. The van der Waals surface area contributed by atoms with E-state index in [4.69, 9.17) is 4.52 Å². The normalized spacial score (nSPS) is 15.6. The summed E-state index contributed by atoms with van der Waals surface area (Å²) in [6, 6.07) is 0.996. The molecular formula is C15H18N4O3. The van der Waals surface area contributed by atoms with Crippen LogP contribution >= 0.6 is 0 Å². The van der Waals surface area contributed by atoms with Crippen LogP contribution in [0.25, 0.3) is 0 Å². The molecule has 1 amide bonds. The second kappa shape index (κ2) is 5.40. The maximum atomic E-state index is 12.3. The Hall–Kier alpha value is -2.44. The Morgan fingerprint density at radius 1 is 1.50 bits per heavy atom. The molecule has 0 radical (unpaired) electrons. The highest BCUT2D eigenvalue weighted by atomic mass is 16.5. The van der Waals surface area contributed by atoms with Crippen LogP contribution in [0.2, 0.25) is 0 Å². The van der Waals surface area contributed by atoms with Gasteiger partial charge in [-0.2, -0.15) is 4.98 Å². The van der Waals surface area contributed by atoms with E-state index in [1.807, 2.05) is 6.92 Å². The number of rotatable bonds is 4. The Balaban J connectivity index is 1.75. The van der Waals surface area contributed by atoms with Gasteiger partial charge in [-0.3, -0.25) is 9.59 Å². The number of amides is 1. The first-order valence-corrected chi connectivity index (χ1v) is 7.27. The molecular weight excluding hydrogens is 284 g/mol. The maximum Gasteiger partial charge on any atom is 0.257 e. The maximum absolute atomic E-state index is 12.3. The number of nitrogens with one attached hydrogen (secondary N) is 1. The van der Waals surface area contributed by atoms with Crippen LogP contribution < -0.4 is 10.7 Å². The van der Waals surface area contributed by atoms with Crippen molar-refractivity contribution in [2.24, 2.45) is 7.05 Å². The summed E-state index contributed by atoms with van der Waals surface area (Å²) in [5.74, 6) is 1.01. The van der Waals surface area contributed by atoms with Crippen molar-refractivity contribution in [2.45, 2.75) is 38.6 Å². The zero-order chi connectivity index (χ0) is 15.9. The fraction of sp³-hybridized carbons (Fsp3) is 0.467. The van der Waals surface area contributed by atoms with Crippen LogP contribution in [0.3, 0.4) is 0 Å². The standard InChI is InChI=1S/C15H18N4O3/c1-8-6-12(20)11(7-19(8)3)14(21)16-9(2)15-17-13(18-22-15)10-4-5-10/h6-7,9-10H,4-5H2,1-3H3,(H,16,21). The molecule has 1 unspecified atom stereocenters. The van der Waals surface area contributed by atoms with E-state index in [-0.39, 0.29) is 11.0 Å². The van der Waals surface area contributed by atoms with Gasteiger partial charge < -0.3 is 14.4 Å². The Labute approximate surface area is 127 Å². The molecule has 2 aromatic heterocycles. The summed E-state index contributed by atoms with van der Waals surface area (Å²) < 4.78 is 6.91. The van der Waals surface area contributed by atoms with E-state index >= 15 is 0 Å². The lowest BCUT2D eigenvalue weighted by Gasteiger charge is -2.11. The van der Waals surface area contributed by atoms with Gasteiger partial charge >= 0.3 is 0 Å². The van der Waals surface area contributed by atoms with E-state index in [9.17, 15) is 9.59 Å².